The van der Waals surface area contributed by atoms with E-state index in [1.807, 2.05) is 6.92 Å². The first kappa shape index (κ1) is 13.7. The molecule has 19 heavy (non-hydrogen) atoms. The Morgan fingerprint density at radius 1 is 1.32 bits per heavy atom. The fourth-order valence-corrected chi connectivity index (χ4v) is 2.25. The average molecular weight is 263 g/mol. The van der Waals surface area contributed by atoms with Crippen molar-refractivity contribution in [3.05, 3.63) is 17.8 Å². The third-order valence-electron chi connectivity index (χ3n) is 3.36. The summed E-state index contributed by atoms with van der Waals surface area (Å²) in [6.07, 6.45) is 4.20. The molecule has 0 unspecified atom stereocenters. The third kappa shape index (κ3) is 3.89. The van der Waals surface area contributed by atoms with Crippen molar-refractivity contribution in [3.8, 4) is 0 Å². The van der Waals surface area contributed by atoms with Crippen LogP contribution in [0.3, 0.4) is 0 Å². The normalized spacial score (nSPS) is 22.8. The minimum atomic E-state index is -0.190. The van der Waals surface area contributed by atoms with Gasteiger partial charge in [-0.2, -0.15) is 0 Å². The van der Waals surface area contributed by atoms with Crippen LogP contribution in [0.15, 0.2) is 12.1 Å². The van der Waals surface area contributed by atoms with Crippen LogP contribution in [0, 0.1) is 0 Å². The third-order valence-corrected chi connectivity index (χ3v) is 3.36. The molecule has 1 amide bonds. The van der Waals surface area contributed by atoms with Gasteiger partial charge in [-0.15, -0.1) is 10.2 Å². The molecule has 0 atom stereocenters. The van der Waals surface area contributed by atoms with Crippen molar-refractivity contribution in [2.24, 2.45) is 5.73 Å². The molecule has 1 aliphatic carbocycles. The summed E-state index contributed by atoms with van der Waals surface area (Å²) in [4.78, 5) is 11.5. The Morgan fingerprint density at radius 3 is 2.63 bits per heavy atom. The Bertz CT molecular complexity index is 412. The lowest BCUT2D eigenvalue weighted by atomic mass is 9.92. The second-order valence-corrected chi connectivity index (χ2v) is 4.92. The number of nitrogens with zero attached hydrogens (tertiary/aromatic N) is 2. The van der Waals surface area contributed by atoms with Crippen molar-refractivity contribution >= 4 is 11.7 Å². The molecule has 0 bridgehead atoms. The lowest BCUT2D eigenvalue weighted by molar-refractivity contribution is 0.0950. The van der Waals surface area contributed by atoms with Crippen LogP contribution >= 0.6 is 0 Å². The second-order valence-electron chi connectivity index (χ2n) is 4.92. The van der Waals surface area contributed by atoms with Crippen molar-refractivity contribution in [3.63, 3.8) is 0 Å². The minimum Gasteiger partial charge on any atom is -0.366 e. The summed E-state index contributed by atoms with van der Waals surface area (Å²) in [5, 5.41) is 14.0. The summed E-state index contributed by atoms with van der Waals surface area (Å²) >= 11 is 0. The van der Waals surface area contributed by atoms with Crippen LogP contribution in [0.2, 0.25) is 0 Å². The smallest absolute Gasteiger partial charge is 0.271 e. The monoisotopic (exact) mass is 263 g/mol. The topological polar surface area (TPSA) is 92.9 Å². The van der Waals surface area contributed by atoms with E-state index in [-0.39, 0.29) is 5.91 Å². The molecule has 6 nitrogen and oxygen atoms in total. The highest BCUT2D eigenvalue weighted by Crippen LogP contribution is 2.20. The maximum absolute atomic E-state index is 11.5. The standard InChI is InChI=1S/C13H21N5O/c1-2-15-13(19)11-7-8-12(18-17-11)16-10-5-3-9(14)4-6-10/h7-10H,2-6,14H2,1H3,(H,15,19)(H,16,18). The van der Waals surface area contributed by atoms with Crippen LogP contribution in [0.25, 0.3) is 0 Å². The molecule has 1 heterocycles. The van der Waals surface area contributed by atoms with Gasteiger partial charge in [0, 0.05) is 18.6 Å². The molecule has 0 aliphatic heterocycles. The van der Waals surface area contributed by atoms with E-state index in [9.17, 15) is 4.79 Å². The quantitative estimate of drug-likeness (QED) is 0.750. The number of nitrogens with one attached hydrogen (secondary N) is 2. The number of carbonyl (C=O) groups excluding carboxylic acids is 1. The van der Waals surface area contributed by atoms with Gasteiger partial charge in [0.15, 0.2) is 5.69 Å². The highest BCUT2D eigenvalue weighted by atomic mass is 16.1. The summed E-state index contributed by atoms with van der Waals surface area (Å²) in [5.41, 5.74) is 6.22. The largest absolute Gasteiger partial charge is 0.366 e. The first-order valence-electron chi connectivity index (χ1n) is 6.83. The summed E-state index contributed by atoms with van der Waals surface area (Å²) in [6, 6.07) is 4.23. The fourth-order valence-electron chi connectivity index (χ4n) is 2.25. The molecule has 0 aromatic carbocycles. The van der Waals surface area contributed by atoms with Gasteiger partial charge < -0.3 is 16.4 Å². The summed E-state index contributed by atoms with van der Waals surface area (Å²) in [6.45, 7) is 2.46. The van der Waals surface area contributed by atoms with E-state index in [0.29, 0.717) is 30.1 Å². The highest BCUT2D eigenvalue weighted by molar-refractivity contribution is 5.92. The highest BCUT2D eigenvalue weighted by Gasteiger charge is 2.18. The molecule has 0 spiro atoms. The number of amides is 1. The Kier molecular flexibility index (Phi) is 4.68. The van der Waals surface area contributed by atoms with E-state index in [0.717, 1.165) is 25.7 Å². The molecule has 1 fully saturated rings. The van der Waals surface area contributed by atoms with E-state index in [4.69, 9.17) is 5.73 Å². The molecule has 6 heteroatoms. The van der Waals surface area contributed by atoms with Crippen molar-refractivity contribution in [1.82, 2.24) is 15.5 Å². The zero-order valence-corrected chi connectivity index (χ0v) is 11.2. The van der Waals surface area contributed by atoms with Crippen LogP contribution in [-0.4, -0.2) is 34.7 Å². The molecule has 4 N–H and O–H groups in total. The number of rotatable bonds is 4. The molecule has 1 aliphatic rings. The van der Waals surface area contributed by atoms with Gasteiger partial charge in [-0.25, -0.2) is 0 Å². The zero-order chi connectivity index (χ0) is 13.7. The van der Waals surface area contributed by atoms with Crippen molar-refractivity contribution in [1.29, 1.82) is 0 Å². The number of hydrogen-bond donors (Lipinski definition) is 3. The lowest BCUT2D eigenvalue weighted by Gasteiger charge is -2.26. The number of hydrogen-bond acceptors (Lipinski definition) is 5. The molecular formula is C13H21N5O. The van der Waals surface area contributed by atoms with Crippen molar-refractivity contribution in [2.45, 2.75) is 44.7 Å². The predicted octanol–water partition coefficient (Wildman–Crippen LogP) is 0.908. The Hall–Kier alpha value is -1.69. The molecule has 104 valence electrons. The summed E-state index contributed by atoms with van der Waals surface area (Å²) in [5.74, 6) is 0.527. The SMILES string of the molecule is CCNC(=O)c1ccc(NC2CCC(N)CC2)nn1. The van der Waals surface area contributed by atoms with Crippen LogP contribution in [0.5, 0.6) is 0 Å². The van der Waals surface area contributed by atoms with E-state index in [1.165, 1.54) is 0 Å². The Labute approximate surface area is 113 Å². The molecule has 2 rings (SSSR count). The zero-order valence-electron chi connectivity index (χ0n) is 11.2. The van der Waals surface area contributed by atoms with Gasteiger partial charge in [0.1, 0.15) is 5.82 Å². The maximum atomic E-state index is 11.5. The minimum absolute atomic E-state index is 0.190. The molecule has 1 aromatic heterocycles. The number of nitrogens with two attached hydrogens (primary N) is 1. The maximum Gasteiger partial charge on any atom is 0.271 e. The predicted molar refractivity (Wildman–Crippen MR) is 73.9 cm³/mol. The van der Waals surface area contributed by atoms with E-state index in [1.54, 1.807) is 12.1 Å². The van der Waals surface area contributed by atoms with Gasteiger partial charge in [-0.3, -0.25) is 4.79 Å². The van der Waals surface area contributed by atoms with Crippen molar-refractivity contribution < 1.29 is 4.79 Å². The first-order valence-corrected chi connectivity index (χ1v) is 6.83. The van der Waals surface area contributed by atoms with Gasteiger partial charge in [0.05, 0.1) is 0 Å². The average Bonchev–Trinajstić information content (AvgIpc) is 2.42. The fraction of sp³-hybridized carbons (Fsp3) is 0.615. The first-order chi connectivity index (χ1) is 9.19. The van der Waals surface area contributed by atoms with Crippen LogP contribution in [0.1, 0.15) is 43.1 Å². The van der Waals surface area contributed by atoms with Gasteiger partial charge in [0.25, 0.3) is 5.91 Å². The van der Waals surface area contributed by atoms with Gasteiger partial charge in [0.2, 0.25) is 0 Å². The van der Waals surface area contributed by atoms with Crippen LogP contribution in [-0.2, 0) is 0 Å². The van der Waals surface area contributed by atoms with Gasteiger partial charge in [-0.05, 0) is 44.7 Å². The Morgan fingerprint density at radius 2 is 2.05 bits per heavy atom. The second kappa shape index (κ2) is 6.47. The molecule has 1 aromatic rings. The molecule has 0 radical (unpaired) electrons. The van der Waals surface area contributed by atoms with E-state index in [2.05, 4.69) is 20.8 Å². The molecule has 1 saturated carbocycles. The van der Waals surface area contributed by atoms with E-state index < -0.39 is 0 Å². The summed E-state index contributed by atoms with van der Waals surface area (Å²) in [7, 11) is 0. The van der Waals surface area contributed by atoms with Crippen LogP contribution in [0.4, 0.5) is 5.82 Å². The lowest BCUT2D eigenvalue weighted by Crippen LogP contribution is -2.33. The van der Waals surface area contributed by atoms with E-state index >= 15 is 0 Å². The Balaban J connectivity index is 1.90. The van der Waals surface area contributed by atoms with Crippen molar-refractivity contribution in [2.75, 3.05) is 11.9 Å². The molecular weight excluding hydrogens is 242 g/mol. The molecule has 0 saturated heterocycles. The van der Waals surface area contributed by atoms with Gasteiger partial charge in [-0.1, -0.05) is 0 Å². The number of aromatic nitrogens is 2. The summed E-state index contributed by atoms with van der Waals surface area (Å²) < 4.78 is 0. The van der Waals surface area contributed by atoms with Gasteiger partial charge >= 0.3 is 0 Å². The number of anilines is 1. The van der Waals surface area contributed by atoms with Crippen LogP contribution < -0.4 is 16.4 Å². The number of carbonyl (C=O) groups is 1.